The Hall–Kier alpha value is -2.66. The van der Waals surface area contributed by atoms with Gasteiger partial charge >= 0.3 is 5.97 Å². The molecule has 3 rings (SSSR count). The quantitative estimate of drug-likeness (QED) is 0.719. The molecule has 2 N–H and O–H groups in total. The van der Waals surface area contributed by atoms with Crippen molar-refractivity contribution in [2.24, 2.45) is 0 Å². The molecule has 3 aromatic rings. The van der Waals surface area contributed by atoms with Crippen LogP contribution in [0.3, 0.4) is 0 Å². The van der Waals surface area contributed by atoms with Crippen molar-refractivity contribution in [3.8, 4) is 0 Å². The first kappa shape index (κ1) is 16.2. The molecular formula is C18H14ClFN2O2. The Morgan fingerprint density at radius 1 is 1.25 bits per heavy atom. The summed E-state index contributed by atoms with van der Waals surface area (Å²) in [6.07, 6.45) is -0.207. The highest BCUT2D eigenvalue weighted by Crippen LogP contribution is 2.32. The first-order valence-corrected chi connectivity index (χ1v) is 7.65. The van der Waals surface area contributed by atoms with Crippen molar-refractivity contribution in [1.29, 1.82) is 0 Å². The molecule has 6 heteroatoms. The number of aryl methyl sites for hydroxylation is 1. The molecule has 0 aliphatic heterocycles. The number of nitrogens with zero attached hydrogens (tertiary/aromatic N) is 1. The summed E-state index contributed by atoms with van der Waals surface area (Å²) in [6, 6.07) is 11.2. The van der Waals surface area contributed by atoms with Crippen LogP contribution >= 0.6 is 11.6 Å². The number of nitrogens with one attached hydrogen (secondary N) is 1. The summed E-state index contributed by atoms with van der Waals surface area (Å²) in [4.78, 5) is 15.6. The number of carboxylic acids is 1. The number of carbonyl (C=O) groups is 1. The number of hydrogen-bond donors (Lipinski definition) is 2. The van der Waals surface area contributed by atoms with Gasteiger partial charge in [-0.05, 0) is 49.4 Å². The number of fused-ring (bicyclic) bond motifs is 1. The maximum absolute atomic E-state index is 13.7. The molecule has 122 valence electrons. The van der Waals surface area contributed by atoms with E-state index in [1.54, 1.807) is 37.3 Å². The number of benzene rings is 2. The van der Waals surface area contributed by atoms with E-state index in [1.165, 1.54) is 12.1 Å². The first-order chi connectivity index (χ1) is 11.4. The number of pyridine rings is 1. The van der Waals surface area contributed by atoms with Gasteiger partial charge in [0.05, 0.1) is 17.6 Å². The van der Waals surface area contributed by atoms with Gasteiger partial charge in [-0.15, -0.1) is 0 Å². The van der Waals surface area contributed by atoms with Gasteiger partial charge in [0.15, 0.2) is 0 Å². The first-order valence-electron chi connectivity index (χ1n) is 7.27. The van der Waals surface area contributed by atoms with Gasteiger partial charge in [-0.2, -0.15) is 0 Å². The standard InChI is InChI=1S/C18H14ClFN2O2/c1-10-14(9-17(23)24)18(22-13-5-2-11(19)3-6-13)15-8-12(20)4-7-16(15)21-10/h2-8H,9H2,1H3,(H,21,22)(H,23,24). The van der Waals surface area contributed by atoms with E-state index in [2.05, 4.69) is 10.3 Å². The lowest BCUT2D eigenvalue weighted by Gasteiger charge is -2.16. The van der Waals surface area contributed by atoms with Gasteiger partial charge in [0, 0.05) is 27.4 Å². The molecule has 4 nitrogen and oxygen atoms in total. The fourth-order valence-corrected chi connectivity index (χ4v) is 2.71. The Morgan fingerprint density at radius 2 is 1.96 bits per heavy atom. The second-order valence-corrected chi connectivity index (χ2v) is 5.85. The van der Waals surface area contributed by atoms with Crippen LogP contribution in [0.2, 0.25) is 5.02 Å². The lowest BCUT2D eigenvalue weighted by Crippen LogP contribution is -2.08. The lowest BCUT2D eigenvalue weighted by molar-refractivity contribution is -0.136. The van der Waals surface area contributed by atoms with E-state index < -0.39 is 11.8 Å². The smallest absolute Gasteiger partial charge is 0.307 e. The molecule has 1 aromatic heterocycles. The zero-order valence-electron chi connectivity index (χ0n) is 12.8. The van der Waals surface area contributed by atoms with Gasteiger partial charge in [0.2, 0.25) is 0 Å². The van der Waals surface area contributed by atoms with Gasteiger partial charge in [-0.25, -0.2) is 4.39 Å². The molecule has 0 radical (unpaired) electrons. The topological polar surface area (TPSA) is 62.2 Å². The van der Waals surface area contributed by atoms with Crippen molar-refractivity contribution in [1.82, 2.24) is 4.98 Å². The third-order valence-electron chi connectivity index (χ3n) is 3.70. The molecule has 0 saturated heterocycles. The van der Waals surface area contributed by atoms with Crippen LogP contribution < -0.4 is 5.32 Å². The van der Waals surface area contributed by atoms with Crippen LogP contribution in [-0.4, -0.2) is 16.1 Å². The van der Waals surface area contributed by atoms with E-state index in [4.69, 9.17) is 11.6 Å². The van der Waals surface area contributed by atoms with Gasteiger partial charge in [0.25, 0.3) is 0 Å². The van der Waals surface area contributed by atoms with Gasteiger partial charge in [0.1, 0.15) is 5.82 Å². The Kier molecular flexibility index (Phi) is 4.36. The normalized spacial score (nSPS) is 10.8. The van der Waals surface area contributed by atoms with Crippen molar-refractivity contribution < 1.29 is 14.3 Å². The average molecular weight is 345 g/mol. The second-order valence-electron chi connectivity index (χ2n) is 5.41. The van der Waals surface area contributed by atoms with Crippen LogP contribution in [0.15, 0.2) is 42.5 Å². The molecule has 0 fully saturated rings. The van der Waals surface area contributed by atoms with E-state index in [1.807, 2.05) is 0 Å². The summed E-state index contributed by atoms with van der Waals surface area (Å²) >= 11 is 5.89. The Bertz CT molecular complexity index is 926. The molecule has 0 aliphatic carbocycles. The van der Waals surface area contributed by atoms with Gasteiger partial charge in [-0.1, -0.05) is 11.6 Å². The number of anilines is 2. The number of halogens is 2. The average Bonchev–Trinajstić information content (AvgIpc) is 2.53. The van der Waals surface area contributed by atoms with Gasteiger partial charge < -0.3 is 10.4 Å². The van der Waals surface area contributed by atoms with Crippen LogP contribution in [0.1, 0.15) is 11.3 Å². The van der Waals surface area contributed by atoms with Gasteiger partial charge in [-0.3, -0.25) is 9.78 Å². The highest BCUT2D eigenvalue weighted by Gasteiger charge is 2.16. The number of hydrogen-bond acceptors (Lipinski definition) is 3. The van der Waals surface area contributed by atoms with Crippen molar-refractivity contribution in [2.75, 3.05) is 5.32 Å². The molecule has 2 aromatic carbocycles. The maximum Gasteiger partial charge on any atom is 0.307 e. The third-order valence-corrected chi connectivity index (χ3v) is 3.95. The predicted octanol–water partition coefficient (Wildman–Crippen LogP) is 4.71. The number of rotatable bonds is 4. The third kappa shape index (κ3) is 3.31. The molecule has 1 heterocycles. The molecule has 0 bridgehead atoms. The van der Waals surface area contributed by atoms with Crippen LogP contribution in [0, 0.1) is 12.7 Å². The van der Waals surface area contributed by atoms with Crippen molar-refractivity contribution >= 4 is 39.8 Å². The van der Waals surface area contributed by atoms with Crippen LogP contribution in [0.4, 0.5) is 15.8 Å². The number of carboxylic acid groups (broad SMARTS) is 1. The predicted molar refractivity (Wildman–Crippen MR) is 92.5 cm³/mol. The Morgan fingerprint density at radius 3 is 2.62 bits per heavy atom. The van der Waals surface area contributed by atoms with E-state index >= 15 is 0 Å². The highest BCUT2D eigenvalue weighted by molar-refractivity contribution is 6.30. The van der Waals surface area contributed by atoms with Crippen molar-refractivity contribution in [3.05, 3.63) is 64.6 Å². The Balaban J connectivity index is 2.21. The summed E-state index contributed by atoms with van der Waals surface area (Å²) in [5.74, 6) is -1.39. The van der Waals surface area contributed by atoms with E-state index in [0.717, 1.165) is 5.69 Å². The largest absolute Gasteiger partial charge is 0.481 e. The monoisotopic (exact) mass is 344 g/mol. The van der Waals surface area contributed by atoms with E-state index in [-0.39, 0.29) is 6.42 Å². The summed E-state index contributed by atoms with van der Waals surface area (Å²) in [6.45, 7) is 1.74. The van der Waals surface area contributed by atoms with Crippen LogP contribution in [0.25, 0.3) is 10.9 Å². The zero-order chi connectivity index (χ0) is 17.3. The summed E-state index contributed by atoms with van der Waals surface area (Å²) in [5, 5.41) is 13.5. The summed E-state index contributed by atoms with van der Waals surface area (Å²) in [7, 11) is 0. The molecule has 0 atom stereocenters. The molecule has 0 unspecified atom stereocenters. The van der Waals surface area contributed by atoms with Crippen LogP contribution in [0.5, 0.6) is 0 Å². The minimum absolute atomic E-state index is 0.207. The zero-order valence-corrected chi connectivity index (χ0v) is 13.6. The SMILES string of the molecule is Cc1nc2ccc(F)cc2c(Nc2ccc(Cl)cc2)c1CC(=O)O. The minimum atomic E-state index is -0.977. The fourth-order valence-electron chi connectivity index (χ4n) is 2.59. The van der Waals surface area contributed by atoms with Crippen molar-refractivity contribution in [2.45, 2.75) is 13.3 Å². The van der Waals surface area contributed by atoms with Crippen LogP contribution in [-0.2, 0) is 11.2 Å². The fraction of sp³-hybridized carbons (Fsp3) is 0.111. The molecule has 0 aliphatic rings. The second kappa shape index (κ2) is 6.45. The van der Waals surface area contributed by atoms with E-state index in [9.17, 15) is 14.3 Å². The molecule has 24 heavy (non-hydrogen) atoms. The summed E-state index contributed by atoms with van der Waals surface area (Å²) in [5.41, 5.74) is 2.98. The van der Waals surface area contributed by atoms with Crippen molar-refractivity contribution in [3.63, 3.8) is 0 Å². The molecule has 0 spiro atoms. The molecule has 0 amide bonds. The number of aliphatic carboxylic acids is 1. The molecule has 0 saturated carbocycles. The summed E-state index contributed by atoms with van der Waals surface area (Å²) < 4.78 is 13.7. The molecular weight excluding hydrogens is 331 g/mol. The maximum atomic E-state index is 13.7. The Labute approximate surface area is 142 Å². The minimum Gasteiger partial charge on any atom is -0.481 e. The van der Waals surface area contributed by atoms with E-state index in [0.29, 0.717) is 32.9 Å². The lowest BCUT2D eigenvalue weighted by atomic mass is 10.0. The highest BCUT2D eigenvalue weighted by atomic mass is 35.5. The number of aromatic nitrogens is 1.